The van der Waals surface area contributed by atoms with Gasteiger partial charge in [-0.15, -0.1) is 0 Å². The van der Waals surface area contributed by atoms with Crippen molar-refractivity contribution in [1.29, 1.82) is 0 Å². The lowest BCUT2D eigenvalue weighted by Crippen LogP contribution is -2.25. The summed E-state index contributed by atoms with van der Waals surface area (Å²) in [6.45, 7) is 4.05. The molecule has 0 unspecified atom stereocenters. The molecule has 1 saturated heterocycles. The van der Waals surface area contributed by atoms with Gasteiger partial charge in [0.25, 0.3) is 0 Å². The van der Waals surface area contributed by atoms with E-state index in [1.807, 2.05) is 0 Å². The Morgan fingerprint density at radius 2 is 2.06 bits per heavy atom. The van der Waals surface area contributed by atoms with Crippen LogP contribution >= 0.6 is 0 Å². The number of aromatic nitrogens is 2. The first-order valence-electron chi connectivity index (χ1n) is 6.81. The largest absolute Gasteiger partial charge is 0.476 e. The smallest absolute Gasteiger partial charge is 0.218 e. The Morgan fingerprint density at radius 1 is 1.28 bits per heavy atom. The van der Waals surface area contributed by atoms with Gasteiger partial charge in [-0.05, 0) is 38.8 Å². The van der Waals surface area contributed by atoms with E-state index in [0.29, 0.717) is 24.2 Å². The zero-order valence-electron chi connectivity index (χ0n) is 10.6. The minimum atomic E-state index is 0.509. The van der Waals surface area contributed by atoms with Crippen molar-refractivity contribution < 1.29 is 4.74 Å². The third kappa shape index (κ3) is 2.90. The van der Waals surface area contributed by atoms with Crippen molar-refractivity contribution in [3.8, 4) is 5.88 Å². The second-order valence-electron chi connectivity index (χ2n) is 5.16. The predicted molar refractivity (Wildman–Crippen MR) is 69.6 cm³/mol. The second-order valence-corrected chi connectivity index (χ2v) is 5.16. The number of hydrogen-bond acceptors (Lipinski definition) is 5. The molecule has 1 aliphatic heterocycles. The molecule has 2 heterocycles. The van der Waals surface area contributed by atoms with Crippen molar-refractivity contribution in [2.75, 3.05) is 32.0 Å². The Kier molecular flexibility index (Phi) is 3.32. The number of nitrogen functional groups attached to an aromatic ring is 1. The fourth-order valence-electron chi connectivity index (χ4n) is 2.34. The topological polar surface area (TPSA) is 64.3 Å². The van der Waals surface area contributed by atoms with Crippen LogP contribution in [-0.4, -0.2) is 41.1 Å². The normalized spacial score (nSPS) is 20.2. The van der Waals surface area contributed by atoms with E-state index >= 15 is 0 Å². The van der Waals surface area contributed by atoms with E-state index in [0.717, 1.165) is 12.4 Å². The van der Waals surface area contributed by atoms with Gasteiger partial charge in [0.15, 0.2) is 0 Å². The van der Waals surface area contributed by atoms with E-state index in [4.69, 9.17) is 10.5 Å². The highest BCUT2D eigenvalue weighted by Gasteiger charge is 2.27. The van der Waals surface area contributed by atoms with E-state index < -0.39 is 0 Å². The molecule has 18 heavy (non-hydrogen) atoms. The van der Waals surface area contributed by atoms with Crippen LogP contribution in [0.15, 0.2) is 6.07 Å². The summed E-state index contributed by atoms with van der Waals surface area (Å²) < 4.78 is 5.69. The quantitative estimate of drug-likeness (QED) is 0.853. The van der Waals surface area contributed by atoms with Gasteiger partial charge in [0, 0.05) is 18.5 Å². The molecule has 0 aromatic carbocycles. The number of nitrogens with two attached hydrogens (primary N) is 1. The molecule has 2 N–H and O–H groups in total. The van der Waals surface area contributed by atoms with Crippen LogP contribution in [-0.2, 0) is 0 Å². The van der Waals surface area contributed by atoms with E-state index in [1.54, 1.807) is 6.07 Å². The van der Waals surface area contributed by atoms with Gasteiger partial charge in [-0.3, -0.25) is 4.90 Å². The van der Waals surface area contributed by atoms with Crippen LogP contribution in [0.25, 0.3) is 0 Å². The van der Waals surface area contributed by atoms with Crippen LogP contribution in [0.5, 0.6) is 5.88 Å². The minimum absolute atomic E-state index is 0.509. The van der Waals surface area contributed by atoms with Crippen molar-refractivity contribution in [3.63, 3.8) is 0 Å². The van der Waals surface area contributed by atoms with Gasteiger partial charge in [0.1, 0.15) is 18.2 Å². The first-order chi connectivity index (χ1) is 8.81. The van der Waals surface area contributed by atoms with Gasteiger partial charge < -0.3 is 10.5 Å². The number of anilines is 1. The molecule has 3 rings (SSSR count). The van der Waals surface area contributed by atoms with E-state index in [-0.39, 0.29) is 0 Å². The van der Waals surface area contributed by atoms with Gasteiger partial charge in [0.05, 0.1) is 0 Å². The Labute approximate surface area is 107 Å². The lowest BCUT2D eigenvalue weighted by atomic mass is 10.4. The first-order valence-corrected chi connectivity index (χ1v) is 6.81. The summed E-state index contributed by atoms with van der Waals surface area (Å²) in [5.74, 6) is 2.51. The number of ether oxygens (including phenoxy) is 1. The number of nitrogens with zero attached hydrogens (tertiary/aromatic N) is 3. The molecule has 2 fully saturated rings. The Balaban J connectivity index is 1.54. The molecule has 0 amide bonds. The van der Waals surface area contributed by atoms with Crippen LogP contribution < -0.4 is 10.5 Å². The molecule has 0 spiro atoms. The van der Waals surface area contributed by atoms with Gasteiger partial charge in [0.2, 0.25) is 5.88 Å². The molecule has 1 aromatic heterocycles. The maximum Gasteiger partial charge on any atom is 0.218 e. The van der Waals surface area contributed by atoms with Crippen LogP contribution in [0, 0.1) is 0 Å². The zero-order chi connectivity index (χ0) is 12.4. The number of rotatable bonds is 5. The highest BCUT2D eigenvalue weighted by Crippen LogP contribution is 2.38. The third-order valence-electron chi connectivity index (χ3n) is 3.54. The van der Waals surface area contributed by atoms with Crippen molar-refractivity contribution in [2.45, 2.75) is 31.6 Å². The molecule has 1 saturated carbocycles. The molecule has 5 nitrogen and oxygen atoms in total. The van der Waals surface area contributed by atoms with Crippen molar-refractivity contribution in [1.82, 2.24) is 14.9 Å². The maximum absolute atomic E-state index is 5.78. The summed E-state index contributed by atoms with van der Waals surface area (Å²) in [7, 11) is 0. The molecule has 0 bridgehead atoms. The lowest BCUT2D eigenvalue weighted by molar-refractivity contribution is 0.231. The first kappa shape index (κ1) is 11.7. The molecule has 98 valence electrons. The minimum Gasteiger partial charge on any atom is -0.476 e. The van der Waals surface area contributed by atoms with Gasteiger partial charge >= 0.3 is 0 Å². The van der Waals surface area contributed by atoms with Crippen LogP contribution in [0.2, 0.25) is 0 Å². The van der Waals surface area contributed by atoms with Crippen LogP contribution in [0.1, 0.15) is 37.4 Å². The number of hydrogen-bond donors (Lipinski definition) is 1. The average Bonchev–Trinajstić information content (AvgIpc) is 3.08. The van der Waals surface area contributed by atoms with Gasteiger partial charge in [-0.25, -0.2) is 4.98 Å². The summed E-state index contributed by atoms with van der Waals surface area (Å²) in [6.07, 6.45) is 4.98. The van der Waals surface area contributed by atoms with Gasteiger partial charge in [-0.1, -0.05) is 0 Å². The summed E-state index contributed by atoms with van der Waals surface area (Å²) in [5.41, 5.74) is 5.78. The summed E-state index contributed by atoms with van der Waals surface area (Å²) in [6, 6.07) is 1.72. The lowest BCUT2D eigenvalue weighted by Gasteiger charge is -2.14. The Hall–Kier alpha value is -1.36. The monoisotopic (exact) mass is 248 g/mol. The summed E-state index contributed by atoms with van der Waals surface area (Å²) in [4.78, 5) is 11.1. The van der Waals surface area contributed by atoms with Crippen molar-refractivity contribution >= 4 is 5.82 Å². The molecule has 0 radical (unpaired) electrons. The van der Waals surface area contributed by atoms with Crippen molar-refractivity contribution in [3.05, 3.63) is 11.9 Å². The van der Waals surface area contributed by atoms with Gasteiger partial charge in [-0.2, -0.15) is 4.98 Å². The molecule has 2 aliphatic rings. The Bertz CT molecular complexity index is 413. The summed E-state index contributed by atoms with van der Waals surface area (Å²) in [5, 5.41) is 0. The highest BCUT2D eigenvalue weighted by atomic mass is 16.5. The van der Waals surface area contributed by atoms with E-state index in [1.165, 1.54) is 38.8 Å². The average molecular weight is 248 g/mol. The summed E-state index contributed by atoms with van der Waals surface area (Å²) >= 11 is 0. The highest BCUT2D eigenvalue weighted by molar-refractivity contribution is 5.34. The third-order valence-corrected chi connectivity index (χ3v) is 3.54. The predicted octanol–water partition coefficient (Wildman–Crippen LogP) is 1.41. The fraction of sp³-hybridized carbons (Fsp3) is 0.692. The van der Waals surface area contributed by atoms with Crippen LogP contribution in [0.3, 0.4) is 0 Å². The zero-order valence-corrected chi connectivity index (χ0v) is 10.6. The molecule has 5 heteroatoms. The standard InChI is InChI=1S/C13H20N4O/c14-11-9-12(16-13(15-11)10-3-4-10)18-8-7-17-5-1-2-6-17/h9-10H,1-8H2,(H2,14,15,16). The van der Waals surface area contributed by atoms with Crippen LogP contribution in [0.4, 0.5) is 5.82 Å². The Morgan fingerprint density at radius 3 is 2.78 bits per heavy atom. The molecule has 0 atom stereocenters. The van der Waals surface area contributed by atoms with E-state index in [9.17, 15) is 0 Å². The molecule has 1 aromatic rings. The molecular formula is C13H20N4O. The SMILES string of the molecule is Nc1cc(OCCN2CCCC2)nc(C2CC2)n1. The molecule has 1 aliphatic carbocycles. The second kappa shape index (κ2) is 5.10. The van der Waals surface area contributed by atoms with Crippen molar-refractivity contribution in [2.24, 2.45) is 0 Å². The molecular weight excluding hydrogens is 228 g/mol. The maximum atomic E-state index is 5.78. The fourth-order valence-corrected chi connectivity index (χ4v) is 2.34. The van der Waals surface area contributed by atoms with E-state index in [2.05, 4.69) is 14.9 Å². The number of likely N-dealkylation sites (tertiary alicyclic amines) is 1.